The van der Waals surface area contributed by atoms with Gasteiger partial charge in [-0.25, -0.2) is 18.6 Å². The van der Waals surface area contributed by atoms with Crippen molar-refractivity contribution in [1.82, 2.24) is 9.97 Å². The number of hydrogen-bond donors (Lipinski definition) is 1. The van der Waals surface area contributed by atoms with E-state index < -0.39 is 29.1 Å². The van der Waals surface area contributed by atoms with E-state index >= 15 is 0 Å². The van der Waals surface area contributed by atoms with Crippen molar-refractivity contribution >= 4 is 45.3 Å². The summed E-state index contributed by atoms with van der Waals surface area (Å²) >= 11 is 1.94. The highest BCUT2D eigenvalue weighted by atomic mass is 32.2. The summed E-state index contributed by atoms with van der Waals surface area (Å²) in [5.41, 5.74) is -0.364. The molecule has 0 aliphatic carbocycles. The van der Waals surface area contributed by atoms with Crippen LogP contribution in [0.5, 0.6) is 0 Å². The topological polar surface area (TPSA) is 98.3 Å². The molecule has 7 nitrogen and oxygen atoms in total. The monoisotopic (exact) mass is 440 g/mol. The summed E-state index contributed by atoms with van der Waals surface area (Å²) in [5.74, 6) is -2.39. The molecule has 2 heterocycles. The zero-order valence-corrected chi connectivity index (χ0v) is 16.8. The predicted molar refractivity (Wildman–Crippen MR) is 103 cm³/mol. The van der Waals surface area contributed by atoms with Crippen LogP contribution in [0.2, 0.25) is 0 Å². The second-order valence-corrected chi connectivity index (χ2v) is 7.73. The van der Waals surface area contributed by atoms with Crippen molar-refractivity contribution in [3.05, 3.63) is 56.5 Å². The van der Waals surface area contributed by atoms with Crippen LogP contribution in [0, 0.1) is 11.6 Å². The van der Waals surface area contributed by atoms with Crippen molar-refractivity contribution in [2.24, 2.45) is 0 Å². The van der Waals surface area contributed by atoms with Crippen molar-refractivity contribution in [3.8, 4) is 0 Å². The summed E-state index contributed by atoms with van der Waals surface area (Å²) in [4.78, 5) is 43.8. The zero-order chi connectivity index (χ0) is 21.1. The Morgan fingerprint density at radius 3 is 2.66 bits per heavy atom. The molecule has 0 saturated heterocycles. The van der Waals surface area contributed by atoms with Crippen LogP contribution in [-0.4, -0.2) is 36.1 Å². The number of rotatable bonds is 6. The number of halogens is 2. The molecule has 152 valence electrons. The van der Waals surface area contributed by atoms with Crippen LogP contribution in [0.1, 0.15) is 21.1 Å². The first-order valence-electron chi connectivity index (χ1n) is 8.11. The molecule has 3 aromatic rings. The predicted octanol–water partition coefficient (Wildman–Crippen LogP) is 3.06. The number of methoxy groups -OCH3 is 2. The van der Waals surface area contributed by atoms with Crippen LogP contribution in [0.25, 0.3) is 10.2 Å². The second-order valence-electron chi connectivity index (χ2n) is 5.71. The maximum atomic E-state index is 13.8. The van der Waals surface area contributed by atoms with Gasteiger partial charge in [0.15, 0.2) is 0 Å². The van der Waals surface area contributed by atoms with Crippen molar-refractivity contribution in [3.63, 3.8) is 0 Å². The number of benzene rings is 1. The van der Waals surface area contributed by atoms with Crippen LogP contribution < -0.4 is 5.56 Å². The fourth-order valence-corrected chi connectivity index (χ4v) is 4.48. The van der Waals surface area contributed by atoms with Gasteiger partial charge in [-0.1, -0.05) is 0 Å². The molecule has 0 fully saturated rings. The molecule has 0 unspecified atom stereocenters. The lowest BCUT2D eigenvalue weighted by atomic mass is 10.1. The molecule has 0 amide bonds. The second kappa shape index (κ2) is 8.70. The first kappa shape index (κ1) is 20.9. The van der Waals surface area contributed by atoms with Gasteiger partial charge >= 0.3 is 11.9 Å². The number of ether oxygens (including phenoxy) is 2. The Balaban J connectivity index is 1.99. The Hall–Kier alpha value is -2.79. The largest absolute Gasteiger partial charge is 0.469 e. The van der Waals surface area contributed by atoms with Gasteiger partial charge in [-0.05, 0) is 12.1 Å². The molecule has 1 aromatic carbocycles. The van der Waals surface area contributed by atoms with E-state index in [4.69, 9.17) is 4.74 Å². The van der Waals surface area contributed by atoms with E-state index in [0.717, 1.165) is 35.2 Å². The number of esters is 2. The minimum Gasteiger partial charge on any atom is -0.469 e. The van der Waals surface area contributed by atoms with Crippen molar-refractivity contribution in [2.75, 3.05) is 14.2 Å². The van der Waals surface area contributed by atoms with E-state index in [1.165, 1.54) is 20.3 Å². The molecular formula is C18H14F2N2O5S2. The number of thiophene rings is 1. The number of thioether (sulfide) groups is 1. The molecule has 29 heavy (non-hydrogen) atoms. The minimum atomic E-state index is -0.720. The number of nitrogens with one attached hydrogen (secondary N) is 1. The molecule has 2 aromatic heterocycles. The smallest absolute Gasteiger partial charge is 0.348 e. The van der Waals surface area contributed by atoms with Gasteiger partial charge in [0, 0.05) is 16.5 Å². The van der Waals surface area contributed by atoms with E-state index in [1.807, 2.05) is 0 Å². The number of aromatic amines is 1. The summed E-state index contributed by atoms with van der Waals surface area (Å²) < 4.78 is 36.1. The lowest BCUT2D eigenvalue weighted by molar-refractivity contribution is -0.139. The first-order chi connectivity index (χ1) is 13.8. The standard InChI is InChI=1S/C18H14F2N2O5S2/c1-26-13(23)6-9-14-16(24)21-12(22-17(14)29-15(9)18(25)27-2)7-28-11-4-3-8(19)5-10(11)20/h3-5H,6-7H2,1-2H3,(H,21,22,24). The van der Waals surface area contributed by atoms with Crippen LogP contribution in [0.4, 0.5) is 8.78 Å². The summed E-state index contributed by atoms with van der Waals surface area (Å²) in [6.45, 7) is 0. The number of carbonyl (C=O) groups excluding carboxylic acids is 2. The maximum absolute atomic E-state index is 13.8. The molecular weight excluding hydrogens is 426 g/mol. The van der Waals surface area contributed by atoms with Crippen LogP contribution >= 0.6 is 23.1 Å². The molecule has 1 N–H and O–H groups in total. The van der Waals surface area contributed by atoms with Crippen molar-refractivity contribution in [1.29, 1.82) is 0 Å². The van der Waals surface area contributed by atoms with Gasteiger partial charge in [-0.3, -0.25) is 9.59 Å². The van der Waals surface area contributed by atoms with Gasteiger partial charge in [0.1, 0.15) is 27.2 Å². The summed E-state index contributed by atoms with van der Waals surface area (Å²) in [5, 5.41) is 0.0995. The summed E-state index contributed by atoms with van der Waals surface area (Å²) in [7, 11) is 2.38. The Labute approximate surface area is 171 Å². The van der Waals surface area contributed by atoms with Gasteiger partial charge in [0.2, 0.25) is 0 Å². The van der Waals surface area contributed by atoms with Gasteiger partial charge in [-0.2, -0.15) is 0 Å². The highest BCUT2D eigenvalue weighted by Crippen LogP contribution is 2.30. The number of H-pyrrole nitrogens is 1. The number of aromatic nitrogens is 2. The van der Waals surface area contributed by atoms with Gasteiger partial charge < -0.3 is 14.5 Å². The summed E-state index contributed by atoms with van der Waals surface area (Å²) in [6, 6.07) is 3.19. The normalized spacial score (nSPS) is 10.9. The highest BCUT2D eigenvalue weighted by molar-refractivity contribution is 7.98. The molecule has 0 bridgehead atoms. The number of fused-ring (bicyclic) bond motifs is 1. The Bertz CT molecular complexity index is 1160. The third kappa shape index (κ3) is 4.46. The van der Waals surface area contributed by atoms with Gasteiger partial charge in [0.25, 0.3) is 5.56 Å². The fourth-order valence-electron chi connectivity index (χ4n) is 2.56. The Kier molecular flexibility index (Phi) is 6.28. The number of hydrogen-bond acceptors (Lipinski definition) is 8. The fraction of sp³-hybridized carbons (Fsp3) is 0.222. The Morgan fingerprint density at radius 1 is 1.24 bits per heavy atom. The average Bonchev–Trinajstić information content (AvgIpc) is 3.05. The summed E-state index contributed by atoms with van der Waals surface area (Å²) in [6.07, 6.45) is -0.291. The molecule has 0 aliphatic rings. The average molecular weight is 440 g/mol. The zero-order valence-electron chi connectivity index (χ0n) is 15.2. The van der Waals surface area contributed by atoms with E-state index in [0.29, 0.717) is 0 Å². The molecule has 0 saturated carbocycles. The molecule has 3 rings (SSSR count). The van der Waals surface area contributed by atoms with Gasteiger partial charge in [-0.15, -0.1) is 23.1 Å². The molecule has 0 aliphatic heterocycles. The maximum Gasteiger partial charge on any atom is 0.348 e. The number of carbonyl (C=O) groups is 2. The third-order valence-corrected chi connectivity index (χ3v) is 6.05. The first-order valence-corrected chi connectivity index (χ1v) is 9.91. The number of nitrogens with zero attached hydrogens (tertiary/aromatic N) is 1. The quantitative estimate of drug-likeness (QED) is 0.465. The van der Waals surface area contributed by atoms with E-state index in [-0.39, 0.29) is 43.6 Å². The van der Waals surface area contributed by atoms with E-state index in [2.05, 4.69) is 14.7 Å². The van der Waals surface area contributed by atoms with E-state index in [1.54, 1.807) is 0 Å². The van der Waals surface area contributed by atoms with Gasteiger partial charge in [0.05, 0.1) is 31.8 Å². The molecule has 0 spiro atoms. The lowest BCUT2D eigenvalue weighted by Gasteiger charge is -2.04. The third-order valence-electron chi connectivity index (χ3n) is 3.89. The van der Waals surface area contributed by atoms with Crippen LogP contribution in [0.15, 0.2) is 27.9 Å². The minimum absolute atomic E-state index is 0.0836. The Morgan fingerprint density at radius 2 is 2.00 bits per heavy atom. The lowest BCUT2D eigenvalue weighted by Crippen LogP contribution is -2.15. The molecule has 0 radical (unpaired) electrons. The van der Waals surface area contributed by atoms with E-state index in [9.17, 15) is 23.2 Å². The van der Waals surface area contributed by atoms with Crippen molar-refractivity contribution in [2.45, 2.75) is 17.1 Å². The van der Waals surface area contributed by atoms with Crippen molar-refractivity contribution < 1.29 is 27.8 Å². The highest BCUT2D eigenvalue weighted by Gasteiger charge is 2.24. The molecule has 0 atom stereocenters. The molecule has 11 heteroatoms. The van der Waals surface area contributed by atoms with Crippen LogP contribution in [0.3, 0.4) is 0 Å². The SMILES string of the molecule is COC(=O)Cc1c(C(=O)OC)sc2nc(CSc3ccc(F)cc3F)[nH]c(=O)c12. The van der Waals surface area contributed by atoms with Crippen LogP contribution in [-0.2, 0) is 26.4 Å².